The van der Waals surface area contributed by atoms with Crippen LogP contribution in [0.4, 0.5) is 5.82 Å². The quantitative estimate of drug-likeness (QED) is 0.644. The number of methoxy groups -OCH3 is 1. The molecule has 0 radical (unpaired) electrons. The summed E-state index contributed by atoms with van der Waals surface area (Å²) in [6, 6.07) is 8.58. The number of hydrogen-bond donors (Lipinski definition) is 1. The van der Waals surface area contributed by atoms with Crippen molar-refractivity contribution in [3.05, 3.63) is 47.7 Å². The van der Waals surface area contributed by atoms with Crippen LogP contribution in [-0.4, -0.2) is 71.1 Å². The number of carbonyl (C=O) groups is 1. The molecule has 9 nitrogen and oxygen atoms in total. The highest BCUT2D eigenvalue weighted by atomic mass is 32.2. The summed E-state index contributed by atoms with van der Waals surface area (Å²) >= 11 is 0. The van der Waals surface area contributed by atoms with Crippen molar-refractivity contribution in [2.24, 2.45) is 0 Å². The van der Waals surface area contributed by atoms with E-state index in [1.54, 1.807) is 18.3 Å². The second-order valence-electron chi connectivity index (χ2n) is 7.37. The van der Waals surface area contributed by atoms with Crippen LogP contribution in [0.3, 0.4) is 0 Å². The summed E-state index contributed by atoms with van der Waals surface area (Å²) in [5.74, 6) is 0.876. The molecule has 0 unspecified atom stereocenters. The lowest BCUT2D eigenvalue weighted by Gasteiger charge is -2.26. The van der Waals surface area contributed by atoms with Gasteiger partial charge >= 0.3 is 0 Å². The number of sulfonamides is 1. The zero-order chi connectivity index (χ0) is 22.4. The van der Waals surface area contributed by atoms with Gasteiger partial charge in [0.25, 0.3) is 0 Å². The molecule has 0 spiro atoms. The third-order valence-corrected chi connectivity index (χ3v) is 6.86. The lowest BCUT2D eigenvalue weighted by atomic mass is 10.1. The summed E-state index contributed by atoms with van der Waals surface area (Å²) in [7, 11) is 1.50. The Morgan fingerprint density at radius 2 is 1.90 bits per heavy atom. The van der Waals surface area contributed by atoms with Crippen LogP contribution in [-0.2, 0) is 32.5 Å². The molecule has 1 fully saturated rings. The molecular weight excluding hydrogens is 420 g/mol. The average Bonchev–Trinajstić information content (AvgIpc) is 2.78. The minimum Gasteiger partial charge on any atom is -0.495 e. The molecule has 0 aliphatic carbocycles. The van der Waals surface area contributed by atoms with Gasteiger partial charge in [-0.05, 0) is 29.3 Å². The van der Waals surface area contributed by atoms with Crippen molar-refractivity contribution < 1.29 is 22.7 Å². The van der Waals surface area contributed by atoms with Gasteiger partial charge in [-0.1, -0.05) is 12.1 Å². The Balaban J connectivity index is 1.68. The summed E-state index contributed by atoms with van der Waals surface area (Å²) in [6.07, 6.45) is 1.77. The first-order valence-electron chi connectivity index (χ1n) is 9.95. The van der Waals surface area contributed by atoms with Gasteiger partial charge in [0.15, 0.2) is 0 Å². The number of hydrogen-bond acceptors (Lipinski definition) is 7. The number of ether oxygens (including phenoxy) is 2. The van der Waals surface area contributed by atoms with E-state index in [0.29, 0.717) is 25.3 Å². The molecule has 2 aromatic rings. The molecule has 10 heteroatoms. The first-order chi connectivity index (χ1) is 14.8. The summed E-state index contributed by atoms with van der Waals surface area (Å²) in [4.78, 5) is 18.7. The van der Waals surface area contributed by atoms with Crippen LogP contribution in [0.2, 0.25) is 0 Å². The number of rotatable bonds is 8. The van der Waals surface area contributed by atoms with E-state index in [9.17, 15) is 13.2 Å². The maximum absolute atomic E-state index is 13.1. The molecule has 31 heavy (non-hydrogen) atoms. The molecule has 0 bridgehead atoms. The minimum absolute atomic E-state index is 0.0544. The number of benzene rings is 1. The van der Waals surface area contributed by atoms with Gasteiger partial charge in [0.05, 0.1) is 26.7 Å². The van der Waals surface area contributed by atoms with Crippen molar-refractivity contribution in [1.82, 2.24) is 14.6 Å². The zero-order valence-corrected chi connectivity index (χ0v) is 18.8. The van der Waals surface area contributed by atoms with Crippen LogP contribution >= 0.6 is 0 Å². The van der Waals surface area contributed by atoms with Crippen LogP contribution in [0.1, 0.15) is 11.1 Å². The van der Waals surface area contributed by atoms with Crippen LogP contribution < -0.4 is 15.0 Å². The Hall–Kier alpha value is -2.69. The maximum atomic E-state index is 13.1. The molecule has 3 rings (SSSR count). The topological polar surface area (TPSA) is 101 Å². The van der Waals surface area contributed by atoms with E-state index in [1.165, 1.54) is 17.5 Å². The fraction of sp³-hybridized carbons (Fsp3) is 0.429. The van der Waals surface area contributed by atoms with Gasteiger partial charge in [-0.3, -0.25) is 4.79 Å². The van der Waals surface area contributed by atoms with Gasteiger partial charge in [-0.15, -0.1) is 0 Å². The molecule has 1 saturated heterocycles. The predicted molar refractivity (Wildman–Crippen MR) is 117 cm³/mol. The van der Waals surface area contributed by atoms with E-state index >= 15 is 0 Å². The summed E-state index contributed by atoms with van der Waals surface area (Å²) in [6.45, 7) is 1.63. The molecule has 1 aliphatic heterocycles. The summed E-state index contributed by atoms with van der Waals surface area (Å²) in [5.41, 5.74) is 1.47. The predicted octanol–water partition coefficient (Wildman–Crippen LogP) is 1.04. The monoisotopic (exact) mass is 448 g/mol. The SMILES string of the molecule is COc1ccc(CC(=O)NCc2ccc(N(C)C)nc2)cc1S(=O)(=O)N1CCOCC1. The Morgan fingerprint density at radius 3 is 2.52 bits per heavy atom. The van der Waals surface area contributed by atoms with Crippen molar-refractivity contribution in [3.63, 3.8) is 0 Å². The van der Waals surface area contributed by atoms with E-state index in [4.69, 9.17) is 9.47 Å². The number of nitrogens with one attached hydrogen (secondary N) is 1. The lowest BCUT2D eigenvalue weighted by Crippen LogP contribution is -2.40. The van der Waals surface area contributed by atoms with Gasteiger partial charge in [0, 0.05) is 39.9 Å². The highest BCUT2D eigenvalue weighted by Crippen LogP contribution is 2.28. The second-order valence-corrected chi connectivity index (χ2v) is 9.28. The van der Waals surface area contributed by atoms with Crippen molar-refractivity contribution in [2.75, 3.05) is 52.4 Å². The summed E-state index contributed by atoms with van der Waals surface area (Å²) in [5, 5.41) is 2.85. The third kappa shape index (κ3) is 5.72. The molecule has 0 saturated carbocycles. The number of morpholine rings is 1. The van der Waals surface area contributed by atoms with E-state index in [0.717, 1.165) is 11.4 Å². The Morgan fingerprint density at radius 1 is 1.19 bits per heavy atom. The number of amides is 1. The van der Waals surface area contributed by atoms with Crippen molar-refractivity contribution >= 4 is 21.7 Å². The molecular formula is C21H28N4O5S. The molecule has 1 N–H and O–H groups in total. The smallest absolute Gasteiger partial charge is 0.246 e. The first kappa shape index (κ1) is 23.0. The van der Waals surface area contributed by atoms with Crippen molar-refractivity contribution in [2.45, 2.75) is 17.9 Å². The number of carbonyl (C=O) groups excluding carboxylic acids is 1. The molecule has 2 heterocycles. The van der Waals surface area contributed by atoms with Crippen molar-refractivity contribution in [3.8, 4) is 5.75 Å². The zero-order valence-electron chi connectivity index (χ0n) is 18.0. The van der Waals surface area contributed by atoms with E-state index in [1.807, 2.05) is 31.1 Å². The maximum Gasteiger partial charge on any atom is 0.246 e. The third-order valence-electron chi connectivity index (χ3n) is 4.94. The van der Waals surface area contributed by atoms with Crippen molar-refractivity contribution in [1.29, 1.82) is 0 Å². The van der Waals surface area contributed by atoms with Crippen LogP contribution in [0.15, 0.2) is 41.4 Å². The first-order valence-corrected chi connectivity index (χ1v) is 11.4. The van der Waals surface area contributed by atoms with E-state index in [2.05, 4.69) is 10.3 Å². The molecule has 168 valence electrons. The standard InChI is InChI=1S/C21H28N4O5S/c1-24(2)20-7-5-17(14-22-20)15-23-21(26)13-16-4-6-18(29-3)19(12-16)31(27,28)25-8-10-30-11-9-25/h4-7,12,14H,8-11,13,15H2,1-3H3,(H,23,26). The van der Waals surface area contributed by atoms with E-state index in [-0.39, 0.29) is 36.1 Å². The van der Waals surface area contributed by atoms with Crippen LogP contribution in [0.25, 0.3) is 0 Å². The number of pyridine rings is 1. The fourth-order valence-electron chi connectivity index (χ4n) is 3.19. The number of anilines is 1. The van der Waals surface area contributed by atoms with Crippen LogP contribution in [0, 0.1) is 0 Å². The van der Waals surface area contributed by atoms with Gasteiger partial charge in [0.2, 0.25) is 15.9 Å². The Bertz CT molecular complexity index is 1000. The highest BCUT2D eigenvalue weighted by Gasteiger charge is 2.29. The molecule has 1 aliphatic rings. The number of nitrogens with zero attached hydrogens (tertiary/aromatic N) is 3. The van der Waals surface area contributed by atoms with Gasteiger partial charge in [0.1, 0.15) is 16.5 Å². The average molecular weight is 449 g/mol. The highest BCUT2D eigenvalue weighted by molar-refractivity contribution is 7.89. The molecule has 1 aromatic carbocycles. The molecule has 0 atom stereocenters. The molecule has 1 amide bonds. The van der Waals surface area contributed by atoms with Crippen LogP contribution in [0.5, 0.6) is 5.75 Å². The normalized spacial score (nSPS) is 14.8. The largest absolute Gasteiger partial charge is 0.495 e. The summed E-state index contributed by atoms with van der Waals surface area (Å²) < 4.78 is 38.0. The Labute approximate surface area is 183 Å². The minimum atomic E-state index is -3.75. The Kier molecular flexibility index (Phi) is 7.47. The number of aromatic nitrogens is 1. The van der Waals surface area contributed by atoms with Gasteiger partial charge < -0.3 is 19.7 Å². The second kappa shape index (κ2) is 10.1. The molecule has 1 aromatic heterocycles. The fourth-order valence-corrected chi connectivity index (χ4v) is 4.81. The van der Waals surface area contributed by atoms with Gasteiger partial charge in [-0.2, -0.15) is 4.31 Å². The van der Waals surface area contributed by atoms with E-state index < -0.39 is 10.0 Å². The van der Waals surface area contributed by atoms with Gasteiger partial charge in [-0.25, -0.2) is 13.4 Å². The lowest BCUT2D eigenvalue weighted by molar-refractivity contribution is -0.120.